The van der Waals surface area contributed by atoms with Crippen molar-refractivity contribution < 1.29 is 18.0 Å². The predicted octanol–water partition coefficient (Wildman–Crippen LogP) is 4.26. The summed E-state index contributed by atoms with van der Waals surface area (Å²) >= 11 is 3.51. The molecule has 2 heterocycles. The highest BCUT2D eigenvalue weighted by Gasteiger charge is 2.31. The van der Waals surface area contributed by atoms with Gasteiger partial charge in [-0.25, -0.2) is 0 Å². The average molecular weight is 487 g/mol. The molecule has 164 valence electrons. The van der Waals surface area contributed by atoms with Crippen molar-refractivity contribution in [3.63, 3.8) is 0 Å². The number of piperazine rings is 1. The lowest BCUT2D eigenvalue weighted by Crippen LogP contribution is -2.50. The molecule has 1 aliphatic heterocycles. The van der Waals surface area contributed by atoms with E-state index in [1.165, 1.54) is 12.1 Å². The van der Waals surface area contributed by atoms with E-state index in [0.29, 0.717) is 44.8 Å². The summed E-state index contributed by atoms with van der Waals surface area (Å²) in [5.74, 6) is -0.123. The minimum atomic E-state index is -4.33. The molecule has 1 unspecified atom stereocenters. The number of aromatic nitrogens is 2. The molecule has 1 aliphatic rings. The Labute approximate surface area is 183 Å². The summed E-state index contributed by atoms with van der Waals surface area (Å²) in [6, 6.07) is 5.44. The lowest BCUT2D eigenvalue weighted by molar-refractivity contribution is -0.138. The van der Waals surface area contributed by atoms with E-state index >= 15 is 0 Å². The zero-order chi connectivity index (χ0) is 22.1. The van der Waals surface area contributed by atoms with Crippen LogP contribution in [0.5, 0.6) is 0 Å². The molecule has 2 aromatic rings. The van der Waals surface area contributed by atoms with Crippen LogP contribution in [-0.2, 0) is 24.1 Å². The van der Waals surface area contributed by atoms with Gasteiger partial charge in [-0.1, -0.05) is 25.1 Å². The zero-order valence-corrected chi connectivity index (χ0v) is 18.9. The van der Waals surface area contributed by atoms with Crippen LogP contribution in [0.1, 0.15) is 29.4 Å². The SMILES string of the molecule is Cc1nn(CC(C)C(=O)N2CCN(Cc3cccc(C(F)(F)F)c3)CC2)c(C)c1Br. The third kappa shape index (κ3) is 5.24. The Bertz CT molecular complexity index is 904. The Morgan fingerprint density at radius 3 is 2.43 bits per heavy atom. The van der Waals surface area contributed by atoms with Gasteiger partial charge in [0.2, 0.25) is 5.91 Å². The number of carbonyl (C=O) groups excluding carboxylic acids is 1. The van der Waals surface area contributed by atoms with Gasteiger partial charge in [0, 0.05) is 38.4 Å². The second kappa shape index (κ2) is 9.09. The molecule has 3 rings (SSSR count). The number of hydrogen-bond donors (Lipinski definition) is 0. The molecule has 0 N–H and O–H groups in total. The van der Waals surface area contributed by atoms with Crippen LogP contribution in [0, 0.1) is 19.8 Å². The van der Waals surface area contributed by atoms with Gasteiger partial charge < -0.3 is 4.90 Å². The van der Waals surface area contributed by atoms with E-state index in [2.05, 4.69) is 25.9 Å². The number of rotatable bonds is 5. The number of aryl methyl sites for hydroxylation is 1. The topological polar surface area (TPSA) is 41.4 Å². The van der Waals surface area contributed by atoms with Gasteiger partial charge in [0.25, 0.3) is 0 Å². The smallest absolute Gasteiger partial charge is 0.340 e. The van der Waals surface area contributed by atoms with Crippen LogP contribution in [0.4, 0.5) is 13.2 Å². The first-order valence-electron chi connectivity index (χ1n) is 9.93. The average Bonchev–Trinajstić information content (AvgIpc) is 2.94. The highest BCUT2D eigenvalue weighted by atomic mass is 79.9. The molecule has 0 radical (unpaired) electrons. The number of nitrogens with zero attached hydrogens (tertiary/aromatic N) is 4. The molecule has 0 saturated carbocycles. The van der Waals surface area contributed by atoms with Gasteiger partial charge in [-0.15, -0.1) is 0 Å². The van der Waals surface area contributed by atoms with Crippen LogP contribution in [0.2, 0.25) is 0 Å². The molecule has 1 saturated heterocycles. The van der Waals surface area contributed by atoms with Crippen molar-refractivity contribution >= 4 is 21.8 Å². The van der Waals surface area contributed by atoms with Gasteiger partial charge in [0.1, 0.15) is 0 Å². The summed E-state index contributed by atoms with van der Waals surface area (Å²) in [6.07, 6.45) is -4.33. The second-order valence-electron chi connectivity index (χ2n) is 7.87. The van der Waals surface area contributed by atoms with Gasteiger partial charge in [-0.2, -0.15) is 18.3 Å². The first kappa shape index (κ1) is 22.8. The summed E-state index contributed by atoms with van der Waals surface area (Å²) in [5.41, 5.74) is 1.90. The molecule has 1 atom stereocenters. The fourth-order valence-corrected chi connectivity index (χ4v) is 4.02. The Hall–Kier alpha value is -1.87. The number of alkyl halides is 3. The van der Waals surface area contributed by atoms with Gasteiger partial charge in [-0.3, -0.25) is 14.4 Å². The molecule has 0 aliphatic carbocycles. The fraction of sp³-hybridized carbons (Fsp3) is 0.524. The fourth-order valence-electron chi connectivity index (χ4n) is 3.73. The van der Waals surface area contributed by atoms with E-state index in [1.54, 1.807) is 6.07 Å². The molecule has 1 aromatic heterocycles. The van der Waals surface area contributed by atoms with Crippen LogP contribution >= 0.6 is 15.9 Å². The van der Waals surface area contributed by atoms with Crippen molar-refractivity contribution in [1.82, 2.24) is 19.6 Å². The highest BCUT2D eigenvalue weighted by Crippen LogP contribution is 2.30. The van der Waals surface area contributed by atoms with Crippen LogP contribution in [0.25, 0.3) is 0 Å². The summed E-state index contributed by atoms with van der Waals surface area (Å²) in [7, 11) is 0. The monoisotopic (exact) mass is 486 g/mol. The van der Waals surface area contributed by atoms with E-state index in [4.69, 9.17) is 0 Å². The Balaban J connectivity index is 1.53. The quantitative estimate of drug-likeness (QED) is 0.633. The van der Waals surface area contributed by atoms with Crippen molar-refractivity contribution in [1.29, 1.82) is 0 Å². The van der Waals surface area contributed by atoms with Crippen molar-refractivity contribution in [3.05, 3.63) is 51.3 Å². The van der Waals surface area contributed by atoms with Crippen molar-refractivity contribution in [2.45, 2.75) is 40.0 Å². The molecule has 9 heteroatoms. The maximum Gasteiger partial charge on any atom is 0.416 e. The first-order chi connectivity index (χ1) is 14.1. The van der Waals surface area contributed by atoms with Crippen molar-refractivity contribution in [3.8, 4) is 0 Å². The normalized spacial score (nSPS) is 16.7. The largest absolute Gasteiger partial charge is 0.416 e. The van der Waals surface area contributed by atoms with Gasteiger partial charge in [-0.05, 0) is 41.4 Å². The Morgan fingerprint density at radius 2 is 1.87 bits per heavy atom. The molecule has 0 bridgehead atoms. The Kier molecular flexibility index (Phi) is 6.91. The summed E-state index contributed by atoms with van der Waals surface area (Å²) in [5, 5.41) is 4.47. The van der Waals surface area contributed by atoms with E-state index in [9.17, 15) is 18.0 Å². The summed E-state index contributed by atoms with van der Waals surface area (Å²) < 4.78 is 41.5. The van der Waals surface area contributed by atoms with Crippen molar-refractivity contribution in [2.75, 3.05) is 26.2 Å². The highest BCUT2D eigenvalue weighted by molar-refractivity contribution is 9.10. The number of halogens is 4. The standard InChI is InChI=1S/C21H26BrF3N4O/c1-14(12-29-16(3)19(22)15(2)26-29)20(30)28-9-7-27(8-10-28)13-17-5-4-6-18(11-17)21(23,24)25/h4-6,11,14H,7-10,12-13H2,1-3H3. The zero-order valence-electron chi connectivity index (χ0n) is 17.3. The molecular weight excluding hydrogens is 461 g/mol. The first-order valence-corrected chi connectivity index (χ1v) is 10.7. The van der Waals surface area contributed by atoms with Crippen LogP contribution in [0.15, 0.2) is 28.7 Å². The van der Waals surface area contributed by atoms with Crippen LogP contribution < -0.4 is 0 Å². The van der Waals surface area contributed by atoms with E-state index in [-0.39, 0.29) is 11.8 Å². The van der Waals surface area contributed by atoms with E-state index in [0.717, 1.165) is 21.9 Å². The van der Waals surface area contributed by atoms with Crippen LogP contribution in [0.3, 0.4) is 0 Å². The summed E-state index contributed by atoms with van der Waals surface area (Å²) in [4.78, 5) is 16.8. The lowest BCUT2D eigenvalue weighted by Gasteiger charge is -2.36. The third-order valence-electron chi connectivity index (χ3n) is 5.51. The van der Waals surface area contributed by atoms with E-state index in [1.807, 2.05) is 30.4 Å². The van der Waals surface area contributed by atoms with E-state index < -0.39 is 11.7 Å². The third-order valence-corrected chi connectivity index (χ3v) is 6.65. The number of carbonyl (C=O) groups is 1. The predicted molar refractivity (Wildman–Crippen MR) is 112 cm³/mol. The van der Waals surface area contributed by atoms with Gasteiger partial charge >= 0.3 is 6.18 Å². The maximum atomic E-state index is 12.9. The minimum absolute atomic E-state index is 0.0809. The molecule has 1 amide bonds. The number of benzene rings is 1. The maximum absolute atomic E-state index is 12.9. The lowest BCUT2D eigenvalue weighted by atomic mass is 10.1. The number of amides is 1. The summed E-state index contributed by atoms with van der Waals surface area (Å²) in [6.45, 7) is 9.17. The molecule has 5 nitrogen and oxygen atoms in total. The molecule has 0 spiro atoms. The molecule has 1 fully saturated rings. The molecule has 1 aromatic carbocycles. The van der Waals surface area contributed by atoms with Crippen LogP contribution in [-0.4, -0.2) is 51.7 Å². The number of hydrogen-bond acceptors (Lipinski definition) is 3. The second-order valence-corrected chi connectivity index (χ2v) is 8.66. The minimum Gasteiger partial charge on any atom is -0.340 e. The Morgan fingerprint density at radius 1 is 1.20 bits per heavy atom. The van der Waals surface area contributed by atoms with Gasteiger partial charge in [0.15, 0.2) is 0 Å². The van der Waals surface area contributed by atoms with Crippen molar-refractivity contribution in [2.24, 2.45) is 5.92 Å². The molecular formula is C21H26BrF3N4O. The van der Waals surface area contributed by atoms with Gasteiger partial charge in [0.05, 0.1) is 28.2 Å². The molecule has 30 heavy (non-hydrogen) atoms.